The summed E-state index contributed by atoms with van der Waals surface area (Å²) in [4.78, 5) is 16.2. The molecule has 0 fully saturated rings. The van der Waals surface area contributed by atoms with E-state index in [1.54, 1.807) is 42.5 Å². The molecule has 1 heterocycles. The number of hydrogen-bond acceptors (Lipinski definition) is 5. The van der Waals surface area contributed by atoms with Crippen LogP contribution in [0.5, 0.6) is 0 Å². The third-order valence-corrected chi connectivity index (χ3v) is 7.61. The molecule has 0 saturated carbocycles. The van der Waals surface area contributed by atoms with Gasteiger partial charge in [-0.25, -0.2) is 4.39 Å². The van der Waals surface area contributed by atoms with Crippen molar-refractivity contribution in [3.05, 3.63) is 81.3 Å². The second-order valence-electron chi connectivity index (χ2n) is 7.54. The fourth-order valence-electron chi connectivity index (χ4n) is 3.56. The maximum absolute atomic E-state index is 13.0. The minimum Gasteiger partial charge on any atom is -0.322 e. The van der Waals surface area contributed by atoms with Crippen LogP contribution in [0.4, 0.5) is 10.1 Å². The zero-order valence-electron chi connectivity index (χ0n) is 17.4. The molecule has 32 heavy (non-hydrogen) atoms. The largest absolute Gasteiger partial charge is 0.322 e. The predicted octanol–water partition coefficient (Wildman–Crippen LogP) is 4.72. The SMILES string of the molecule is C/C(=N/NS(=O)(=O)c1ccc(F)cc1)c1cccc(NC(=O)c2csc3c2CCCC3)c1. The number of thiophene rings is 1. The highest BCUT2D eigenvalue weighted by molar-refractivity contribution is 7.89. The molecular formula is C23H22FN3O3S2. The third-order valence-electron chi connectivity index (χ3n) is 5.30. The molecule has 0 unspecified atom stereocenters. The number of rotatable bonds is 6. The highest BCUT2D eigenvalue weighted by atomic mass is 32.2. The molecule has 3 aromatic rings. The second-order valence-corrected chi connectivity index (χ2v) is 10.2. The first-order chi connectivity index (χ1) is 15.3. The summed E-state index contributed by atoms with van der Waals surface area (Å²) in [5, 5.41) is 8.82. The van der Waals surface area contributed by atoms with Crippen LogP contribution >= 0.6 is 11.3 Å². The molecule has 0 aliphatic heterocycles. The summed E-state index contributed by atoms with van der Waals surface area (Å²) in [7, 11) is -3.92. The quantitative estimate of drug-likeness (QED) is 0.403. The molecule has 2 N–H and O–H groups in total. The average molecular weight is 472 g/mol. The van der Waals surface area contributed by atoms with Crippen molar-refractivity contribution in [3.8, 4) is 0 Å². The molecule has 9 heteroatoms. The van der Waals surface area contributed by atoms with Crippen LogP contribution < -0.4 is 10.1 Å². The van der Waals surface area contributed by atoms with E-state index in [1.807, 2.05) is 5.38 Å². The van der Waals surface area contributed by atoms with Gasteiger partial charge in [-0.1, -0.05) is 12.1 Å². The van der Waals surface area contributed by atoms with Gasteiger partial charge >= 0.3 is 0 Å². The maximum Gasteiger partial charge on any atom is 0.276 e. The van der Waals surface area contributed by atoms with E-state index in [2.05, 4.69) is 15.2 Å². The van der Waals surface area contributed by atoms with Crippen molar-refractivity contribution in [2.24, 2.45) is 5.10 Å². The minimum absolute atomic E-state index is 0.0874. The summed E-state index contributed by atoms with van der Waals surface area (Å²) >= 11 is 1.64. The molecule has 0 saturated heterocycles. The van der Waals surface area contributed by atoms with E-state index < -0.39 is 15.8 Å². The Balaban J connectivity index is 1.48. The maximum atomic E-state index is 13.0. The van der Waals surface area contributed by atoms with E-state index in [0.29, 0.717) is 17.0 Å². The molecule has 1 amide bonds. The van der Waals surface area contributed by atoms with E-state index in [9.17, 15) is 17.6 Å². The molecule has 2 aromatic carbocycles. The molecule has 1 aliphatic carbocycles. The number of sulfonamides is 1. The molecule has 0 bridgehead atoms. The molecule has 4 rings (SSSR count). The highest BCUT2D eigenvalue weighted by Crippen LogP contribution is 2.30. The van der Waals surface area contributed by atoms with Crippen molar-refractivity contribution >= 4 is 38.7 Å². The van der Waals surface area contributed by atoms with Crippen molar-refractivity contribution in [2.45, 2.75) is 37.5 Å². The smallest absolute Gasteiger partial charge is 0.276 e. The molecular weight excluding hydrogens is 449 g/mol. The lowest BCUT2D eigenvalue weighted by molar-refractivity contribution is 0.102. The van der Waals surface area contributed by atoms with E-state index in [0.717, 1.165) is 42.5 Å². The number of nitrogens with zero attached hydrogens (tertiary/aromatic N) is 1. The van der Waals surface area contributed by atoms with Crippen molar-refractivity contribution < 1.29 is 17.6 Å². The van der Waals surface area contributed by atoms with Gasteiger partial charge in [-0.2, -0.15) is 18.4 Å². The fourth-order valence-corrected chi connectivity index (χ4v) is 5.55. The zero-order valence-corrected chi connectivity index (χ0v) is 19.0. The number of hydrogen-bond donors (Lipinski definition) is 2. The summed E-state index contributed by atoms with van der Waals surface area (Å²) in [6.07, 6.45) is 4.23. The first kappa shape index (κ1) is 22.2. The van der Waals surface area contributed by atoms with Crippen molar-refractivity contribution in [3.63, 3.8) is 0 Å². The Hall–Kier alpha value is -3.04. The lowest BCUT2D eigenvalue weighted by atomic mass is 9.95. The van der Waals surface area contributed by atoms with Gasteiger partial charge in [0.05, 0.1) is 16.2 Å². The molecule has 6 nitrogen and oxygen atoms in total. The van der Waals surface area contributed by atoms with Gasteiger partial charge in [-0.15, -0.1) is 11.3 Å². The molecule has 1 aromatic heterocycles. The van der Waals surface area contributed by atoms with E-state index >= 15 is 0 Å². The second kappa shape index (κ2) is 9.22. The monoisotopic (exact) mass is 471 g/mol. The van der Waals surface area contributed by atoms with Crippen LogP contribution in [0.1, 0.15) is 46.1 Å². The minimum atomic E-state index is -3.92. The Kier molecular flexibility index (Phi) is 6.38. The lowest BCUT2D eigenvalue weighted by Crippen LogP contribution is -2.20. The van der Waals surface area contributed by atoms with Gasteiger partial charge in [0.2, 0.25) is 0 Å². The van der Waals surface area contributed by atoms with Crippen molar-refractivity contribution in [2.75, 3.05) is 5.32 Å². The van der Waals surface area contributed by atoms with Gasteiger partial charge in [0, 0.05) is 15.9 Å². The van der Waals surface area contributed by atoms with Crippen LogP contribution in [0.3, 0.4) is 0 Å². The van der Waals surface area contributed by atoms with Crippen LogP contribution in [-0.2, 0) is 22.9 Å². The highest BCUT2D eigenvalue weighted by Gasteiger charge is 2.20. The Morgan fingerprint density at radius 2 is 1.84 bits per heavy atom. The summed E-state index contributed by atoms with van der Waals surface area (Å²) in [6, 6.07) is 11.5. The van der Waals surface area contributed by atoms with Gasteiger partial charge in [0.15, 0.2) is 0 Å². The third kappa shape index (κ3) is 4.89. The van der Waals surface area contributed by atoms with E-state index in [1.165, 1.54) is 23.4 Å². The van der Waals surface area contributed by atoms with Gasteiger partial charge < -0.3 is 5.32 Å². The summed E-state index contributed by atoms with van der Waals surface area (Å²) in [6.45, 7) is 1.66. The van der Waals surface area contributed by atoms with Crippen LogP contribution in [0.25, 0.3) is 0 Å². The number of aryl methyl sites for hydroxylation is 1. The van der Waals surface area contributed by atoms with E-state index in [4.69, 9.17) is 0 Å². The Labute approximate surface area is 190 Å². The number of halogens is 1. The number of carbonyl (C=O) groups is 1. The number of anilines is 1. The first-order valence-corrected chi connectivity index (χ1v) is 12.5. The van der Waals surface area contributed by atoms with Crippen LogP contribution in [0, 0.1) is 5.82 Å². The van der Waals surface area contributed by atoms with E-state index in [-0.39, 0.29) is 10.8 Å². The number of carbonyl (C=O) groups excluding carboxylic acids is 1. The molecule has 166 valence electrons. The predicted molar refractivity (Wildman–Crippen MR) is 124 cm³/mol. The Morgan fingerprint density at radius 1 is 1.09 bits per heavy atom. The number of amides is 1. The number of fused-ring (bicyclic) bond motifs is 1. The van der Waals surface area contributed by atoms with Gasteiger partial charge in [0.1, 0.15) is 5.82 Å². The van der Waals surface area contributed by atoms with Crippen molar-refractivity contribution in [1.82, 2.24) is 4.83 Å². The standard InChI is InChI=1S/C23H22FN3O3S2/c1-15(26-27-32(29,30)19-11-9-17(24)10-12-19)16-5-4-6-18(13-16)25-23(28)21-14-31-22-8-3-2-7-20(21)22/h4-6,9-14,27H,2-3,7-8H2,1H3,(H,25,28)/b26-15-. The lowest BCUT2D eigenvalue weighted by Gasteiger charge is -2.13. The average Bonchev–Trinajstić information content (AvgIpc) is 3.22. The molecule has 0 radical (unpaired) electrons. The molecule has 0 spiro atoms. The Bertz CT molecular complexity index is 1280. The zero-order chi connectivity index (χ0) is 22.7. The first-order valence-electron chi connectivity index (χ1n) is 10.2. The van der Waals surface area contributed by atoms with Gasteiger partial charge in [0.25, 0.3) is 15.9 Å². The number of hydrazone groups is 1. The molecule has 0 atom stereocenters. The summed E-state index contributed by atoms with van der Waals surface area (Å²) in [5.41, 5.74) is 3.55. The fraction of sp³-hybridized carbons (Fsp3) is 0.217. The van der Waals surface area contributed by atoms with Gasteiger partial charge in [-0.3, -0.25) is 4.79 Å². The number of benzene rings is 2. The normalized spacial score (nSPS) is 14.0. The van der Waals surface area contributed by atoms with Crippen LogP contribution in [-0.4, -0.2) is 20.0 Å². The topological polar surface area (TPSA) is 87.6 Å². The Morgan fingerprint density at radius 3 is 2.62 bits per heavy atom. The van der Waals surface area contributed by atoms with Crippen LogP contribution in [0.2, 0.25) is 0 Å². The van der Waals surface area contributed by atoms with Crippen LogP contribution in [0.15, 0.2) is 63.9 Å². The van der Waals surface area contributed by atoms with Gasteiger partial charge in [-0.05, 0) is 80.1 Å². The van der Waals surface area contributed by atoms with Crippen molar-refractivity contribution in [1.29, 1.82) is 0 Å². The summed E-state index contributed by atoms with van der Waals surface area (Å²) < 4.78 is 37.7. The summed E-state index contributed by atoms with van der Waals surface area (Å²) in [5.74, 6) is -0.668. The number of nitrogens with one attached hydrogen (secondary N) is 2. The molecule has 1 aliphatic rings.